The molecule has 25 heavy (non-hydrogen) atoms. The normalized spacial score (nSPS) is 17.2. The van der Waals surface area contributed by atoms with Gasteiger partial charge in [-0.15, -0.1) is 24.8 Å². The zero-order chi connectivity index (χ0) is 16.2. The Kier molecular flexibility index (Phi) is 8.65. The van der Waals surface area contributed by atoms with Crippen molar-refractivity contribution in [3.05, 3.63) is 29.8 Å². The molecule has 0 radical (unpaired) electrons. The van der Waals surface area contributed by atoms with Crippen molar-refractivity contribution in [3.8, 4) is 0 Å². The van der Waals surface area contributed by atoms with Crippen molar-refractivity contribution < 1.29 is 9.59 Å². The number of halogens is 2. The first kappa shape index (κ1) is 21.7. The Labute approximate surface area is 161 Å². The van der Waals surface area contributed by atoms with Gasteiger partial charge in [-0.2, -0.15) is 0 Å². The average molecular weight is 389 g/mol. The van der Waals surface area contributed by atoms with E-state index in [1.807, 2.05) is 23.1 Å². The van der Waals surface area contributed by atoms with Crippen molar-refractivity contribution in [2.24, 2.45) is 5.73 Å². The van der Waals surface area contributed by atoms with E-state index in [4.69, 9.17) is 5.73 Å². The lowest BCUT2D eigenvalue weighted by molar-refractivity contribution is -0.131. The average Bonchev–Trinajstić information content (AvgIpc) is 2.61. The second-order valence-corrected chi connectivity index (χ2v) is 6.14. The summed E-state index contributed by atoms with van der Waals surface area (Å²) >= 11 is 0. The Morgan fingerprint density at radius 3 is 2.32 bits per heavy atom. The Balaban J connectivity index is 0.00000156. The minimum absolute atomic E-state index is 0. The van der Waals surface area contributed by atoms with Crippen molar-refractivity contribution in [3.63, 3.8) is 0 Å². The zero-order valence-electron chi connectivity index (χ0n) is 14.2. The topological polar surface area (TPSA) is 69.9 Å². The molecule has 0 bridgehead atoms. The van der Waals surface area contributed by atoms with Gasteiger partial charge >= 0.3 is 0 Å². The molecule has 1 aromatic rings. The van der Waals surface area contributed by atoms with E-state index in [2.05, 4.69) is 11.0 Å². The molecule has 0 saturated carbocycles. The highest BCUT2D eigenvalue weighted by Gasteiger charge is 2.26. The molecule has 2 N–H and O–H groups in total. The highest BCUT2D eigenvalue weighted by Crippen LogP contribution is 2.26. The molecule has 1 saturated heterocycles. The molecule has 2 aliphatic heterocycles. The molecule has 1 aromatic carbocycles. The Hall–Kier alpha value is -1.34. The first-order valence-corrected chi connectivity index (χ1v) is 8.27. The van der Waals surface area contributed by atoms with E-state index in [0.717, 1.165) is 38.2 Å². The van der Waals surface area contributed by atoms with Gasteiger partial charge in [0.05, 0.1) is 13.1 Å². The molecule has 0 unspecified atom stereocenters. The minimum Gasteiger partial charge on any atom is -0.339 e. The van der Waals surface area contributed by atoms with Crippen LogP contribution in [0.4, 0.5) is 5.69 Å². The van der Waals surface area contributed by atoms with Gasteiger partial charge in [0.1, 0.15) is 0 Å². The number of nitrogens with zero attached hydrogens (tertiary/aromatic N) is 3. The number of rotatable bonds is 3. The number of benzene rings is 1. The SMILES string of the molecule is Cl.Cl.NCC(=O)N1CCN(CC(=O)N2CCCc3ccccc32)CC1. The zero-order valence-corrected chi connectivity index (χ0v) is 15.9. The monoisotopic (exact) mass is 388 g/mol. The van der Waals surface area contributed by atoms with Gasteiger partial charge in [0.25, 0.3) is 0 Å². The molecule has 140 valence electrons. The fourth-order valence-corrected chi connectivity index (χ4v) is 3.35. The van der Waals surface area contributed by atoms with E-state index in [1.54, 1.807) is 4.90 Å². The fourth-order valence-electron chi connectivity index (χ4n) is 3.35. The number of carbonyl (C=O) groups is 2. The largest absolute Gasteiger partial charge is 0.339 e. The minimum atomic E-state index is -0.0130. The lowest BCUT2D eigenvalue weighted by Crippen LogP contribution is -2.53. The first-order chi connectivity index (χ1) is 11.2. The summed E-state index contributed by atoms with van der Waals surface area (Å²) in [6.07, 6.45) is 2.06. The van der Waals surface area contributed by atoms with Crippen LogP contribution in [0.1, 0.15) is 12.0 Å². The van der Waals surface area contributed by atoms with Crippen molar-refractivity contribution in [1.82, 2.24) is 9.80 Å². The Morgan fingerprint density at radius 2 is 1.64 bits per heavy atom. The number of hydrogen-bond donors (Lipinski definition) is 1. The quantitative estimate of drug-likeness (QED) is 0.835. The third kappa shape index (κ3) is 5.07. The smallest absolute Gasteiger partial charge is 0.241 e. The van der Waals surface area contributed by atoms with Crippen LogP contribution in [-0.4, -0.2) is 67.4 Å². The molecule has 6 nitrogen and oxygen atoms in total. The molecule has 2 amide bonds. The summed E-state index contributed by atoms with van der Waals surface area (Å²) in [6.45, 7) is 4.03. The van der Waals surface area contributed by atoms with E-state index >= 15 is 0 Å². The third-order valence-corrected chi connectivity index (χ3v) is 4.67. The molecule has 0 spiro atoms. The fraction of sp³-hybridized carbons (Fsp3) is 0.529. The van der Waals surface area contributed by atoms with E-state index in [0.29, 0.717) is 19.6 Å². The van der Waals surface area contributed by atoms with Gasteiger partial charge in [-0.05, 0) is 24.5 Å². The summed E-state index contributed by atoms with van der Waals surface area (Å²) < 4.78 is 0. The molecule has 0 atom stereocenters. The lowest BCUT2D eigenvalue weighted by atomic mass is 10.0. The van der Waals surface area contributed by atoms with Gasteiger partial charge in [0.2, 0.25) is 11.8 Å². The van der Waals surface area contributed by atoms with E-state index < -0.39 is 0 Å². The van der Waals surface area contributed by atoms with Crippen LogP contribution in [0.5, 0.6) is 0 Å². The molecule has 3 rings (SSSR count). The molecule has 0 aromatic heterocycles. The molecule has 8 heteroatoms. The van der Waals surface area contributed by atoms with Gasteiger partial charge in [-0.25, -0.2) is 0 Å². The first-order valence-electron chi connectivity index (χ1n) is 8.27. The molecule has 2 aliphatic rings. The number of carbonyl (C=O) groups excluding carboxylic acids is 2. The summed E-state index contributed by atoms with van der Waals surface area (Å²) in [4.78, 5) is 30.1. The molecule has 2 heterocycles. The van der Waals surface area contributed by atoms with Crippen molar-refractivity contribution in [1.29, 1.82) is 0 Å². The number of piperazine rings is 1. The van der Waals surface area contributed by atoms with Crippen molar-refractivity contribution >= 4 is 42.3 Å². The predicted molar refractivity (Wildman–Crippen MR) is 104 cm³/mol. The van der Waals surface area contributed by atoms with E-state index in [1.165, 1.54) is 5.56 Å². The van der Waals surface area contributed by atoms with E-state index in [-0.39, 0.29) is 43.2 Å². The summed E-state index contributed by atoms with van der Waals surface area (Å²) in [5, 5.41) is 0. The van der Waals surface area contributed by atoms with Crippen LogP contribution in [0.25, 0.3) is 0 Å². The second kappa shape index (κ2) is 9.97. The number of anilines is 1. The van der Waals surface area contributed by atoms with Crippen LogP contribution in [0.3, 0.4) is 0 Å². The summed E-state index contributed by atoms with van der Waals surface area (Å²) in [5.41, 5.74) is 7.71. The van der Waals surface area contributed by atoms with Gasteiger partial charge in [0, 0.05) is 38.4 Å². The van der Waals surface area contributed by atoms with Crippen LogP contribution in [0.2, 0.25) is 0 Å². The van der Waals surface area contributed by atoms with Crippen LogP contribution in [-0.2, 0) is 16.0 Å². The van der Waals surface area contributed by atoms with Crippen LogP contribution < -0.4 is 10.6 Å². The summed E-state index contributed by atoms with van der Waals surface area (Å²) in [6, 6.07) is 8.15. The van der Waals surface area contributed by atoms with Crippen LogP contribution >= 0.6 is 24.8 Å². The molecular formula is C17H26Cl2N4O2. The highest BCUT2D eigenvalue weighted by molar-refractivity contribution is 5.96. The summed E-state index contributed by atoms with van der Waals surface area (Å²) in [7, 11) is 0. The predicted octanol–water partition coefficient (Wildman–Crippen LogP) is 0.912. The maximum Gasteiger partial charge on any atom is 0.241 e. The third-order valence-electron chi connectivity index (χ3n) is 4.67. The number of amides is 2. The maximum absolute atomic E-state index is 12.7. The number of hydrogen-bond acceptors (Lipinski definition) is 4. The highest BCUT2D eigenvalue weighted by atomic mass is 35.5. The van der Waals surface area contributed by atoms with Gasteiger partial charge in [-0.3, -0.25) is 14.5 Å². The Bertz CT molecular complexity index is 592. The Morgan fingerprint density at radius 1 is 0.960 bits per heavy atom. The number of nitrogens with two attached hydrogens (primary N) is 1. The molecule has 1 fully saturated rings. The van der Waals surface area contributed by atoms with Crippen molar-refractivity contribution in [2.75, 3.05) is 50.7 Å². The molecular weight excluding hydrogens is 363 g/mol. The number of aryl methyl sites for hydroxylation is 1. The van der Waals surface area contributed by atoms with E-state index in [9.17, 15) is 9.59 Å². The van der Waals surface area contributed by atoms with Crippen LogP contribution in [0.15, 0.2) is 24.3 Å². The summed E-state index contributed by atoms with van der Waals surface area (Å²) in [5.74, 6) is 0.136. The lowest BCUT2D eigenvalue weighted by Gasteiger charge is -2.36. The second-order valence-electron chi connectivity index (χ2n) is 6.14. The van der Waals surface area contributed by atoms with Crippen LogP contribution in [0, 0.1) is 0 Å². The number of fused-ring (bicyclic) bond motifs is 1. The van der Waals surface area contributed by atoms with Gasteiger partial charge < -0.3 is 15.5 Å². The maximum atomic E-state index is 12.7. The standard InChI is InChI=1S/C17H24N4O2.2ClH/c18-12-16(22)20-10-8-19(9-11-20)13-17(23)21-7-3-5-14-4-1-2-6-15(14)21;;/h1-2,4,6H,3,5,7-13,18H2;2*1H. The molecule has 0 aliphatic carbocycles. The van der Waals surface area contributed by atoms with Gasteiger partial charge in [0.15, 0.2) is 0 Å². The van der Waals surface area contributed by atoms with Gasteiger partial charge in [-0.1, -0.05) is 18.2 Å². The van der Waals surface area contributed by atoms with Crippen molar-refractivity contribution in [2.45, 2.75) is 12.8 Å². The number of para-hydroxylation sites is 1.